The van der Waals surface area contributed by atoms with E-state index in [9.17, 15) is 4.79 Å². The van der Waals surface area contributed by atoms with Crippen LogP contribution in [0, 0.1) is 5.92 Å². The minimum Gasteiger partial charge on any atom is -0.348 e. The number of carbonyl (C=O) groups is 1. The highest BCUT2D eigenvalue weighted by molar-refractivity contribution is 9.10. The number of nitrogens with one attached hydrogen (secondary N) is 1. The molecule has 4 heteroatoms. The molecular formula is C13H19BrN2O. The van der Waals surface area contributed by atoms with Crippen LogP contribution in [-0.2, 0) is 4.79 Å². The topological polar surface area (TPSA) is 55.1 Å². The van der Waals surface area contributed by atoms with E-state index < -0.39 is 6.04 Å². The van der Waals surface area contributed by atoms with Crippen LogP contribution in [0.15, 0.2) is 28.7 Å². The van der Waals surface area contributed by atoms with Gasteiger partial charge in [0.25, 0.3) is 0 Å². The largest absolute Gasteiger partial charge is 0.348 e. The van der Waals surface area contributed by atoms with E-state index in [-0.39, 0.29) is 17.9 Å². The molecule has 1 rings (SSSR count). The van der Waals surface area contributed by atoms with Crippen LogP contribution >= 0.6 is 15.9 Å². The summed E-state index contributed by atoms with van der Waals surface area (Å²) >= 11 is 3.38. The number of amides is 1. The van der Waals surface area contributed by atoms with E-state index in [4.69, 9.17) is 5.73 Å². The molecule has 0 spiro atoms. The second kappa shape index (κ2) is 6.17. The van der Waals surface area contributed by atoms with Gasteiger partial charge in [0.05, 0.1) is 12.1 Å². The van der Waals surface area contributed by atoms with Crippen molar-refractivity contribution < 1.29 is 4.79 Å². The number of hydrogen-bond acceptors (Lipinski definition) is 2. The Balaban J connectivity index is 2.63. The molecule has 0 aromatic heterocycles. The molecule has 17 heavy (non-hydrogen) atoms. The SMILES string of the molecule is CC(NC(=O)[C@H](N)C(C)C)c1ccc(Br)cc1. The van der Waals surface area contributed by atoms with E-state index in [0.717, 1.165) is 10.0 Å². The normalized spacial score (nSPS) is 14.5. The summed E-state index contributed by atoms with van der Waals surface area (Å²) in [7, 11) is 0. The van der Waals surface area contributed by atoms with Crippen LogP contribution in [-0.4, -0.2) is 11.9 Å². The highest BCUT2D eigenvalue weighted by Gasteiger charge is 2.19. The van der Waals surface area contributed by atoms with Gasteiger partial charge in [-0.3, -0.25) is 4.79 Å². The Morgan fingerprint density at radius 2 is 1.76 bits per heavy atom. The first-order valence-electron chi connectivity index (χ1n) is 5.73. The number of hydrogen-bond donors (Lipinski definition) is 2. The van der Waals surface area contributed by atoms with Crippen LogP contribution in [0.25, 0.3) is 0 Å². The second-order valence-corrected chi connectivity index (χ2v) is 5.47. The van der Waals surface area contributed by atoms with Gasteiger partial charge in [0.15, 0.2) is 0 Å². The van der Waals surface area contributed by atoms with E-state index in [2.05, 4.69) is 21.2 Å². The zero-order valence-corrected chi connectivity index (χ0v) is 12.0. The van der Waals surface area contributed by atoms with E-state index in [1.807, 2.05) is 45.0 Å². The lowest BCUT2D eigenvalue weighted by atomic mass is 10.0. The molecule has 0 radical (unpaired) electrons. The first-order chi connectivity index (χ1) is 7.91. The summed E-state index contributed by atoms with van der Waals surface area (Å²) in [4.78, 5) is 11.8. The Morgan fingerprint density at radius 1 is 1.24 bits per heavy atom. The Morgan fingerprint density at radius 3 is 2.24 bits per heavy atom. The van der Waals surface area contributed by atoms with Crippen molar-refractivity contribution in [1.29, 1.82) is 0 Å². The molecule has 0 saturated heterocycles. The fourth-order valence-electron chi connectivity index (χ4n) is 1.45. The maximum atomic E-state index is 11.8. The molecule has 0 aliphatic rings. The average Bonchev–Trinajstić information content (AvgIpc) is 2.28. The fourth-order valence-corrected chi connectivity index (χ4v) is 1.71. The predicted molar refractivity (Wildman–Crippen MR) is 73.5 cm³/mol. The maximum Gasteiger partial charge on any atom is 0.237 e. The van der Waals surface area contributed by atoms with Gasteiger partial charge in [-0.2, -0.15) is 0 Å². The molecule has 1 unspecified atom stereocenters. The third kappa shape index (κ3) is 4.13. The van der Waals surface area contributed by atoms with Crippen LogP contribution in [0.2, 0.25) is 0 Å². The van der Waals surface area contributed by atoms with Gasteiger partial charge in [-0.1, -0.05) is 41.9 Å². The molecule has 2 atom stereocenters. The van der Waals surface area contributed by atoms with Gasteiger partial charge in [0, 0.05) is 4.47 Å². The predicted octanol–water partition coefficient (Wildman–Crippen LogP) is 2.61. The molecule has 3 N–H and O–H groups in total. The second-order valence-electron chi connectivity index (χ2n) is 4.55. The maximum absolute atomic E-state index is 11.8. The Labute approximate surface area is 111 Å². The highest BCUT2D eigenvalue weighted by atomic mass is 79.9. The van der Waals surface area contributed by atoms with E-state index >= 15 is 0 Å². The number of benzene rings is 1. The van der Waals surface area contributed by atoms with Crippen LogP contribution in [0.4, 0.5) is 0 Å². The summed E-state index contributed by atoms with van der Waals surface area (Å²) in [5.74, 6) is 0.0440. The summed E-state index contributed by atoms with van der Waals surface area (Å²) < 4.78 is 1.03. The van der Waals surface area contributed by atoms with E-state index in [0.29, 0.717) is 0 Å². The molecule has 0 heterocycles. The molecule has 0 aliphatic carbocycles. The van der Waals surface area contributed by atoms with Crippen LogP contribution < -0.4 is 11.1 Å². The molecule has 0 saturated carbocycles. The van der Waals surface area contributed by atoms with Crippen molar-refractivity contribution in [2.45, 2.75) is 32.9 Å². The van der Waals surface area contributed by atoms with Gasteiger partial charge in [0.1, 0.15) is 0 Å². The summed E-state index contributed by atoms with van der Waals surface area (Å²) in [6.45, 7) is 5.83. The standard InChI is InChI=1S/C13H19BrN2O/c1-8(2)12(15)13(17)16-9(3)10-4-6-11(14)7-5-10/h4-9,12H,15H2,1-3H3,(H,16,17)/t9?,12-/m1/s1. The summed E-state index contributed by atoms with van der Waals surface area (Å²) in [5, 5.41) is 2.92. The highest BCUT2D eigenvalue weighted by Crippen LogP contribution is 2.16. The number of carbonyl (C=O) groups excluding carboxylic acids is 1. The minimum absolute atomic E-state index is 0.0274. The lowest BCUT2D eigenvalue weighted by molar-refractivity contribution is -0.123. The molecule has 0 aliphatic heterocycles. The average molecular weight is 299 g/mol. The Kier molecular flexibility index (Phi) is 5.15. The number of rotatable bonds is 4. The van der Waals surface area contributed by atoms with Crippen molar-refractivity contribution in [2.24, 2.45) is 11.7 Å². The fraction of sp³-hybridized carbons (Fsp3) is 0.462. The smallest absolute Gasteiger partial charge is 0.237 e. The van der Waals surface area contributed by atoms with Crippen molar-refractivity contribution in [3.63, 3.8) is 0 Å². The van der Waals surface area contributed by atoms with Crippen molar-refractivity contribution in [2.75, 3.05) is 0 Å². The van der Waals surface area contributed by atoms with Gasteiger partial charge in [0.2, 0.25) is 5.91 Å². The molecule has 0 fully saturated rings. The van der Waals surface area contributed by atoms with Gasteiger partial charge < -0.3 is 11.1 Å². The van der Waals surface area contributed by atoms with Crippen molar-refractivity contribution in [3.05, 3.63) is 34.3 Å². The molecule has 1 amide bonds. The van der Waals surface area contributed by atoms with Gasteiger partial charge in [-0.15, -0.1) is 0 Å². The summed E-state index contributed by atoms with van der Waals surface area (Å²) in [6.07, 6.45) is 0. The molecule has 1 aromatic rings. The van der Waals surface area contributed by atoms with Crippen LogP contribution in [0.5, 0.6) is 0 Å². The first kappa shape index (κ1) is 14.2. The number of nitrogens with two attached hydrogens (primary N) is 1. The quantitative estimate of drug-likeness (QED) is 0.898. The molecular weight excluding hydrogens is 280 g/mol. The lowest BCUT2D eigenvalue weighted by Crippen LogP contribution is -2.44. The van der Waals surface area contributed by atoms with Gasteiger partial charge in [-0.25, -0.2) is 0 Å². The van der Waals surface area contributed by atoms with E-state index in [1.165, 1.54) is 0 Å². The first-order valence-corrected chi connectivity index (χ1v) is 6.52. The van der Waals surface area contributed by atoms with Gasteiger partial charge in [-0.05, 0) is 30.5 Å². The van der Waals surface area contributed by atoms with Crippen LogP contribution in [0.1, 0.15) is 32.4 Å². The van der Waals surface area contributed by atoms with Crippen molar-refractivity contribution in [3.8, 4) is 0 Å². The van der Waals surface area contributed by atoms with Gasteiger partial charge >= 0.3 is 0 Å². The lowest BCUT2D eigenvalue weighted by Gasteiger charge is -2.20. The third-order valence-electron chi connectivity index (χ3n) is 2.75. The third-order valence-corrected chi connectivity index (χ3v) is 3.28. The molecule has 3 nitrogen and oxygen atoms in total. The molecule has 94 valence electrons. The van der Waals surface area contributed by atoms with E-state index in [1.54, 1.807) is 0 Å². The monoisotopic (exact) mass is 298 g/mol. The zero-order valence-electron chi connectivity index (χ0n) is 10.4. The van der Waals surface area contributed by atoms with Crippen molar-refractivity contribution in [1.82, 2.24) is 5.32 Å². The van der Waals surface area contributed by atoms with Crippen molar-refractivity contribution >= 4 is 21.8 Å². The minimum atomic E-state index is -0.451. The number of halogens is 1. The molecule has 0 bridgehead atoms. The Hall–Kier alpha value is -0.870. The molecule has 1 aromatic carbocycles. The summed E-state index contributed by atoms with van der Waals surface area (Å²) in [5.41, 5.74) is 6.86. The summed E-state index contributed by atoms with van der Waals surface area (Å²) in [6, 6.07) is 7.40. The van der Waals surface area contributed by atoms with Crippen LogP contribution in [0.3, 0.4) is 0 Å². The zero-order chi connectivity index (χ0) is 13.0. The Bertz CT molecular complexity index is 376.